The number of halogens is 1. The molecule has 1 fully saturated rings. The van der Waals surface area contributed by atoms with Crippen LogP contribution in [0.4, 0.5) is 5.69 Å². The third-order valence-corrected chi connectivity index (χ3v) is 9.77. The second kappa shape index (κ2) is 13.2. The fourth-order valence-corrected chi connectivity index (χ4v) is 7.11. The van der Waals surface area contributed by atoms with Crippen molar-refractivity contribution in [3.63, 3.8) is 0 Å². The third kappa shape index (κ3) is 7.77. The van der Waals surface area contributed by atoms with Crippen LogP contribution < -0.4 is 9.62 Å². The van der Waals surface area contributed by atoms with Gasteiger partial charge >= 0.3 is 0 Å². The van der Waals surface area contributed by atoms with E-state index in [2.05, 4.69) is 21.2 Å². The molecule has 9 heteroatoms. The molecule has 0 aliphatic heterocycles. The summed E-state index contributed by atoms with van der Waals surface area (Å²) in [6.07, 6.45) is 3.99. The molecule has 0 aromatic heterocycles. The van der Waals surface area contributed by atoms with Gasteiger partial charge in [-0.2, -0.15) is 0 Å². The minimum Gasteiger partial charge on any atom is -0.352 e. The third-order valence-electron chi connectivity index (χ3n) is 7.49. The summed E-state index contributed by atoms with van der Waals surface area (Å²) >= 11 is 3.48. The lowest BCUT2D eigenvalue weighted by Gasteiger charge is -2.32. The number of aryl methyl sites for hydroxylation is 3. The van der Waals surface area contributed by atoms with Crippen molar-refractivity contribution < 1.29 is 18.0 Å². The Morgan fingerprint density at radius 2 is 1.56 bits per heavy atom. The Morgan fingerprint density at radius 3 is 2.17 bits per heavy atom. The number of nitrogens with one attached hydrogen (secondary N) is 1. The second-order valence-corrected chi connectivity index (χ2v) is 13.8. The Bertz CT molecular complexity index is 1480. The van der Waals surface area contributed by atoms with Crippen molar-refractivity contribution in [3.8, 4) is 0 Å². The Morgan fingerprint density at radius 1 is 0.927 bits per heavy atom. The van der Waals surface area contributed by atoms with Gasteiger partial charge in [0.25, 0.3) is 10.0 Å². The zero-order chi connectivity index (χ0) is 29.7. The van der Waals surface area contributed by atoms with Crippen LogP contribution in [0.5, 0.6) is 0 Å². The lowest BCUT2D eigenvalue weighted by atomic mass is 10.1. The number of carbonyl (C=O) groups excluding carboxylic acids is 2. The topological polar surface area (TPSA) is 86.8 Å². The summed E-state index contributed by atoms with van der Waals surface area (Å²) in [7, 11) is -4.10. The summed E-state index contributed by atoms with van der Waals surface area (Å²) in [5, 5.41) is 3.10. The van der Waals surface area contributed by atoms with Gasteiger partial charge in [-0.1, -0.05) is 64.7 Å². The maximum Gasteiger partial charge on any atom is 0.264 e. The first-order chi connectivity index (χ1) is 19.4. The van der Waals surface area contributed by atoms with Crippen molar-refractivity contribution in [2.45, 2.75) is 76.9 Å². The molecule has 4 rings (SSSR count). The molecule has 1 aliphatic rings. The number of anilines is 1. The average molecular weight is 641 g/mol. The van der Waals surface area contributed by atoms with Gasteiger partial charge in [-0.25, -0.2) is 8.42 Å². The summed E-state index contributed by atoms with van der Waals surface area (Å²) in [5.41, 5.74) is 3.92. The summed E-state index contributed by atoms with van der Waals surface area (Å²) < 4.78 is 30.1. The van der Waals surface area contributed by atoms with Gasteiger partial charge in [-0.3, -0.25) is 13.9 Å². The maximum atomic E-state index is 14.1. The largest absolute Gasteiger partial charge is 0.352 e. The summed E-state index contributed by atoms with van der Waals surface area (Å²) in [6.45, 7) is 7.08. The highest BCUT2D eigenvalue weighted by atomic mass is 79.9. The zero-order valence-corrected chi connectivity index (χ0v) is 26.5. The van der Waals surface area contributed by atoms with Gasteiger partial charge in [0.15, 0.2) is 0 Å². The lowest BCUT2D eigenvalue weighted by Crippen LogP contribution is -2.52. The summed E-state index contributed by atoms with van der Waals surface area (Å²) in [5.74, 6) is -0.700. The van der Waals surface area contributed by atoms with Crippen LogP contribution in [0.25, 0.3) is 0 Å². The van der Waals surface area contributed by atoms with E-state index in [1.54, 1.807) is 43.3 Å². The van der Waals surface area contributed by atoms with Gasteiger partial charge in [0.2, 0.25) is 11.8 Å². The number of rotatable bonds is 10. The van der Waals surface area contributed by atoms with Gasteiger partial charge in [-0.05, 0) is 93.6 Å². The number of hydrogen-bond acceptors (Lipinski definition) is 4. The first kappa shape index (κ1) is 30.8. The van der Waals surface area contributed by atoms with Crippen LogP contribution >= 0.6 is 15.9 Å². The molecule has 3 aromatic carbocycles. The molecular formula is C32H38BrN3O4S. The SMILES string of the molecule is Cc1ccc(S(=O)(=O)N(CC(=O)N(Cc2cccc(Br)c2)[C@H](C)C(=O)NC2CCCC2)c2cc(C)cc(C)c2)cc1. The van der Waals surface area contributed by atoms with Crippen molar-refractivity contribution in [3.05, 3.63) is 93.5 Å². The van der Waals surface area contributed by atoms with Crippen molar-refractivity contribution in [1.29, 1.82) is 0 Å². The fraction of sp³-hybridized carbons (Fsp3) is 0.375. The molecule has 41 heavy (non-hydrogen) atoms. The number of amides is 2. The van der Waals surface area contributed by atoms with Crippen LogP contribution in [0.15, 0.2) is 76.1 Å². The van der Waals surface area contributed by atoms with Crippen LogP contribution in [0.3, 0.4) is 0 Å². The van der Waals surface area contributed by atoms with Gasteiger partial charge in [0.1, 0.15) is 12.6 Å². The minimum atomic E-state index is -4.10. The Balaban J connectivity index is 1.71. The molecule has 0 saturated heterocycles. The molecule has 1 saturated carbocycles. The predicted molar refractivity (Wildman–Crippen MR) is 166 cm³/mol. The summed E-state index contributed by atoms with van der Waals surface area (Å²) in [6, 6.07) is 18.9. The highest BCUT2D eigenvalue weighted by molar-refractivity contribution is 9.10. The monoisotopic (exact) mass is 639 g/mol. The van der Waals surface area contributed by atoms with E-state index in [-0.39, 0.29) is 23.4 Å². The fourth-order valence-electron chi connectivity index (χ4n) is 5.27. The van der Waals surface area contributed by atoms with E-state index >= 15 is 0 Å². The summed E-state index contributed by atoms with van der Waals surface area (Å²) in [4.78, 5) is 29.1. The van der Waals surface area contributed by atoms with Crippen LogP contribution in [0.2, 0.25) is 0 Å². The van der Waals surface area contributed by atoms with Gasteiger partial charge < -0.3 is 10.2 Å². The van der Waals surface area contributed by atoms with Crippen molar-refractivity contribution in [1.82, 2.24) is 10.2 Å². The molecule has 0 unspecified atom stereocenters. The molecule has 0 bridgehead atoms. The molecule has 2 amide bonds. The highest BCUT2D eigenvalue weighted by Crippen LogP contribution is 2.27. The predicted octanol–water partition coefficient (Wildman–Crippen LogP) is 6.05. The number of carbonyl (C=O) groups is 2. The van der Waals surface area contributed by atoms with Gasteiger partial charge in [0.05, 0.1) is 10.6 Å². The van der Waals surface area contributed by atoms with E-state index in [4.69, 9.17) is 0 Å². The average Bonchev–Trinajstić information content (AvgIpc) is 3.42. The van der Waals surface area contributed by atoms with Crippen molar-refractivity contribution >= 4 is 43.5 Å². The molecule has 0 spiro atoms. The molecule has 3 aromatic rings. The van der Waals surface area contributed by atoms with Crippen molar-refractivity contribution in [2.75, 3.05) is 10.8 Å². The molecule has 0 radical (unpaired) electrons. The molecule has 1 N–H and O–H groups in total. The van der Waals surface area contributed by atoms with Crippen LogP contribution in [-0.4, -0.2) is 43.8 Å². The van der Waals surface area contributed by atoms with Crippen LogP contribution in [0.1, 0.15) is 54.9 Å². The van der Waals surface area contributed by atoms with E-state index in [1.165, 1.54) is 4.90 Å². The molecule has 1 atom stereocenters. The Labute approximate surface area is 252 Å². The minimum absolute atomic E-state index is 0.0978. The smallest absolute Gasteiger partial charge is 0.264 e. The van der Waals surface area contributed by atoms with E-state index in [0.29, 0.717) is 5.69 Å². The number of sulfonamides is 1. The van der Waals surface area contributed by atoms with E-state index < -0.39 is 28.5 Å². The first-order valence-electron chi connectivity index (χ1n) is 14.0. The lowest BCUT2D eigenvalue weighted by molar-refractivity contribution is -0.139. The molecular weight excluding hydrogens is 602 g/mol. The number of hydrogen-bond donors (Lipinski definition) is 1. The molecule has 7 nitrogen and oxygen atoms in total. The van der Waals surface area contributed by atoms with Gasteiger partial charge in [-0.15, -0.1) is 0 Å². The Hall–Kier alpha value is -3.17. The number of benzene rings is 3. The zero-order valence-electron chi connectivity index (χ0n) is 24.1. The maximum absolute atomic E-state index is 14.1. The van der Waals surface area contributed by atoms with Crippen LogP contribution in [0, 0.1) is 20.8 Å². The quantitative estimate of drug-likeness (QED) is 0.293. The molecule has 0 heterocycles. The van der Waals surface area contributed by atoms with E-state index in [0.717, 1.165) is 56.7 Å². The van der Waals surface area contributed by atoms with E-state index in [1.807, 2.05) is 51.1 Å². The Kier molecular flexibility index (Phi) is 9.92. The second-order valence-electron chi connectivity index (χ2n) is 11.0. The standard InChI is InChI=1S/C32H38BrN3O4S/c1-22-12-14-30(15-13-22)41(39,40)36(29-17-23(2)16-24(3)18-29)21-31(37)35(20-26-8-7-9-27(33)19-26)25(4)32(38)34-28-10-5-6-11-28/h7-9,12-19,25,28H,5-6,10-11,20-21H2,1-4H3,(H,34,38)/t25-/m1/s1. The highest BCUT2D eigenvalue weighted by Gasteiger charge is 2.33. The number of nitrogens with zero attached hydrogens (tertiary/aromatic N) is 2. The molecule has 1 aliphatic carbocycles. The van der Waals surface area contributed by atoms with E-state index in [9.17, 15) is 18.0 Å². The normalized spacial score (nSPS) is 14.5. The van der Waals surface area contributed by atoms with Crippen LogP contribution in [-0.2, 0) is 26.2 Å². The van der Waals surface area contributed by atoms with Gasteiger partial charge in [0, 0.05) is 17.1 Å². The van der Waals surface area contributed by atoms with Crippen molar-refractivity contribution in [2.24, 2.45) is 0 Å². The first-order valence-corrected chi connectivity index (χ1v) is 16.2. The molecule has 218 valence electrons.